The quantitative estimate of drug-likeness (QED) is 0.352. The first-order valence-electron chi connectivity index (χ1n) is 3.12. The van der Waals surface area contributed by atoms with E-state index >= 15 is 0 Å². The molecule has 0 spiro atoms. The van der Waals surface area contributed by atoms with Crippen molar-refractivity contribution in [3.63, 3.8) is 0 Å². The van der Waals surface area contributed by atoms with Crippen LogP contribution in [0, 0.1) is 0 Å². The van der Waals surface area contributed by atoms with Crippen LogP contribution in [0.5, 0.6) is 0 Å². The summed E-state index contributed by atoms with van der Waals surface area (Å²) in [6.07, 6.45) is 0. The second-order valence-corrected chi connectivity index (χ2v) is 2.29. The zero-order valence-corrected chi connectivity index (χ0v) is 5.95. The van der Waals surface area contributed by atoms with Gasteiger partial charge in [0, 0.05) is 13.8 Å². The molecule has 0 aromatic carbocycles. The van der Waals surface area contributed by atoms with Gasteiger partial charge in [-0.1, -0.05) is 7.43 Å². The fourth-order valence-electron chi connectivity index (χ4n) is 0.447. The van der Waals surface area contributed by atoms with Gasteiger partial charge in [-0.3, -0.25) is 0 Å². The third-order valence-corrected chi connectivity index (χ3v) is 1.57. The molecule has 0 aromatic heterocycles. The molecule has 0 fully saturated rings. The van der Waals surface area contributed by atoms with Gasteiger partial charge in [0.05, 0.1) is 12.8 Å². The Morgan fingerprint density at radius 1 is 1.38 bits per heavy atom. The lowest BCUT2D eigenvalue weighted by molar-refractivity contribution is -0.343. The molecule has 0 aliphatic carbocycles. The summed E-state index contributed by atoms with van der Waals surface area (Å²) in [5, 5.41) is 0. The Hall–Kier alpha value is -0.265. The Labute approximate surface area is 53.7 Å². The van der Waals surface area contributed by atoms with Crippen LogP contribution in [-0.4, -0.2) is 24.7 Å². The van der Waals surface area contributed by atoms with Crippen LogP contribution >= 0.6 is 0 Å². The molecule has 0 aliphatic rings. The average molecular weight is 115 g/mol. The Bertz CT molecular complexity index is 82.5. The molecule has 0 bridgehead atoms. The van der Waals surface area contributed by atoms with Crippen LogP contribution in [0.2, 0.25) is 6.82 Å². The minimum Gasteiger partial charge on any atom is -0.466 e. The maximum Gasteiger partial charge on any atom is 0.244 e. The van der Waals surface area contributed by atoms with Crippen LogP contribution in [0.4, 0.5) is 0 Å². The molecule has 0 radical (unpaired) electrons. The van der Waals surface area contributed by atoms with Crippen molar-refractivity contribution in [3.8, 4) is 0 Å². The fraction of sp³-hybridized carbons (Fsp3) is 0.833. The second kappa shape index (κ2) is 4.88. The Morgan fingerprint density at radius 2 is 1.75 bits per heavy atom. The van der Waals surface area contributed by atoms with Crippen LogP contribution in [-0.2, 0) is 0 Å². The maximum atomic E-state index is 2.33. The van der Waals surface area contributed by atoms with Crippen molar-refractivity contribution in [2.45, 2.75) is 28.1 Å². The van der Waals surface area contributed by atoms with E-state index < -0.39 is 0 Å². The fourth-order valence-corrected chi connectivity index (χ4v) is 0.447. The van der Waals surface area contributed by atoms with Crippen LogP contribution in [0.1, 0.15) is 21.3 Å². The minimum atomic E-state index is 0. The predicted octanol–water partition coefficient (Wildman–Crippen LogP) is 0.877. The summed E-state index contributed by atoms with van der Waals surface area (Å²) >= 11 is 0. The van der Waals surface area contributed by atoms with Gasteiger partial charge in [-0.05, 0) is 0 Å². The van der Waals surface area contributed by atoms with Gasteiger partial charge in [-0.15, -0.1) is 6.82 Å². The van der Waals surface area contributed by atoms with E-state index in [0.29, 0.717) is 0 Å². The lowest BCUT2D eigenvalue weighted by atomic mass is 9.99. The molecule has 1 nitrogen and oxygen atoms in total. The van der Waals surface area contributed by atoms with E-state index in [-0.39, 0.29) is 14.8 Å². The van der Waals surface area contributed by atoms with Crippen LogP contribution in [0.25, 0.3) is 0 Å². The van der Waals surface area contributed by atoms with E-state index in [1.807, 2.05) is 0 Å². The Balaban J connectivity index is 0. The monoisotopic (exact) mass is 115 g/mol. The molecule has 0 rings (SSSR count). The van der Waals surface area contributed by atoms with Crippen molar-refractivity contribution < 1.29 is 4.49 Å². The zero-order valence-electron chi connectivity index (χ0n) is 5.95. The van der Waals surface area contributed by atoms with E-state index in [0.717, 1.165) is 0 Å². The molecule has 0 heterocycles. The van der Waals surface area contributed by atoms with Gasteiger partial charge in [0.25, 0.3) is 0 Å². The van der Waals surface area contributed by atoms with Gasteiger partial charge in [0.2, 0.25) is 7.41 Å². The van der Waals surface area contributed by atoms with E-state index in [1.165, 1.54) is 5.71 Å². The molecule has 0 aliphatic heterocycles. The third kappa shape index (κ3) is 3.91. The number of hydrogen-bond donors (Lipinski definition) is 0. The number of nitrogens with zero attached hydrogens (tertiary/aromatic N) is 1. The molecule has 0 atom stereocenters. The van der Waals surface area contributed by atoms with Gasteiger partial charge in [0.15, 0.2) is 0 Å². The molecule has 2 heteroatoms. The first kappa shape index (κ1) is 10.7. The van der Waals surface area contributed by atoms with Crippen LogP contribution in [0.15, 0.2) is 0 Å². The van der Waals surface area contributed by atoms with Crippen molar-refractivity contribution in [3.05, 3.63) is 0 Å². The molecular formula is C6H18BN. The minimum absolute atomic E-state index is 0. The first-order valence-corrected chi connectivity index (χ1v) is 3.12. The molecule has 0 saturated heterocycles. The summed E-state index contributed by atoms with van der Waals surface area (Å²) in [6.45, 7) is 6.56. The molecule has 50 valence electrons. The Morgan fingerprint density at radius 3 is 1.75 bits per heavy atom. The van der Waals surface area contributed by atoms with Gasteiger partial charge >= 0.3 is 0 Å². The zero-order chi connectivity index (χ0) is 5.86. The van der Waals surface area contributed by atoms with Crippen LogP contribution in [0.3, 0.4) is 0 Å². The normalized spacial score (nSPS) is 7.50. The predicted molar refractivity (Wildman–Crippen MR) is 43.7 cm³/mol. The second-order valence-electron chi connectivity index (χ2n) is 2.29. The van der Waals surface area contributed by atoms with Crippen molar-refractivity contribution in [1.29, 1.82) is 0 Å². The van der Waals surface area contributed by atoms with Crippen molar-refractivity contribution in [2.24, 2.45) is 0 Å². The summed E-state index contributed by atoms with van der Waals surface area (Å²) in [4.78, 5) is 0. The van der Waals surface area contributed by atoms with Crippen LogP contribution < -0.4 is 0 Å². The van der Waals surface area contributed by atoms with E-state index in [2.05, 4.69) is 32.2 Å². The third-order valence-electron chi connectivity index (χ3n) is 1.57. The van der Waals surface area contributed by atoms with Gasteiger partial charge in [-0.25, -0.2) is 0 Å². The van der Waals surface area contributed by atoms with Gasteiger partial charge in [-0.2, -0.15) is 0 Å². The summed E-state index contributed by atoms with van der Waals surface area (Å²) in [7, 11) is 2.34. The largest absolute Gasteiger partial charge is 0.466 e. The highest BCUT2D eigenvalue weighted by molar-refractivity contribution is 6.24. The molecule has 0 N–H and O–H groups in total. The molecule has 0 unspecified atom stereocenters. The highest BCUT2D eigenvalue weighted by Gasteiger charge is 1.83. The molecule has 0 amide bonds. The lowest BCUT2D eigenvalue weighted by Gasteiger charge is -1.99. The summed E-state index contributed by atoms with van der Waals surface area (Å²) in [5.74, 6) is 0. The highest BCUT2D eigenvalue weighted by atomic mass is 14.9. The standard InChI is InChI=1S/C5H14BN.CH4/c1-5(2)7(4)6-3;/h6H2,1-4H3;1H4. The van der Waals surface area contributed by atoms with Crippen molar-refractivity contribution >= 4 is 13.1 Å². The molecule has 8 heavy (non-hydrogen) atoms. The van der Waals surface area contributed by atoms with E-state index in [1.54, 1.807) is 0 Å². The summed E-state index contributed by atoms with van der Waals surface area (Å²) in [5.41, 5.74) is 1.43. The highest BCUT2D eigenvalue weighted by Crippen LogP contribution is 1.68. The maximum absolute atomic E-state index is 2.33. The van der Waals surface area contributed by atoms with E-state index in [4.69, 9.17) is 0 Å². The van der Waals surface area contributed by atoms with Crippen molar-refractivity contribution in [1.82, 2.24) is 0 Å². The van der Waals surface area contributed by atoms with Gasteiger partial charge in [0.1, 0.15) is 0 Å². The molecule has 0 aromatic rings. The Kier molecular flexibility index (Phi) is 6.51. The van der Waals surface area contributed by atoms with Crippen molar-refractivity contribution in [2.75, 3.05) is 7.05 Å². The molecule has 0 saturated carbocycles. The summed E-state index contributed by atoms with van der Waals surface area (Å²) < 4.78 is 2.33. The van der Waals surface area contributed by atoms with E-state index in [9.17, 15) is 0 Å². The topological polar surface area (TPSA) is 3.01 Å². The average Bonchev–Trinajstić information content (AvgIpc) is 1.65. The number of hydrogen-bond acceptors (Lipinski definition) is 0. The summed E-state index contributed by atoms with van der Waals surface area (Å²) in [6, 6.07) is 0. The lowest BCUT2D eigenvalue weighted by Crippen LogP contribution is -2.13. The first-order chi connectivity index (χ1) is 3.18. The SMILES string of the molecule is C.C[BH2-][N+](C)=C(C)C. The molecular weight excluding hydrogens is 96.9 g/mol. The van der Waals surface area contributed by atoms with Gasteiger partial charge < -0.3 is 4.49 Å². The smallest absolute Gasteiger partial charge is 0.244 e. The number of rotatable bonds is 1.